The monoisotopic (exact) mass is 336 g/mol. The Labute approximate surface area is 145 Å². The molecule has 2 aliphatic rings. The maximum atomic E-state index is 12.9. The van der Waals surface area contributed by atoms with Gasteiger partial charge in [-0.3, -0.25) is 9.48 Å². The lowest BCUT2D eigenvalue weighted by Crippen LogP contribution is -2.38. The van der Waals surface area contributed by atoms with Crippen molar-refractivity contribution in [1.29, 1.82) is 0 Å². The summed E-state index contributed by atoms with van der Waals surface area (Å²) in [6.45, 7) is 1.84. The SMILES string of the molecule is O=C(c1ccc2cc[nH]c2c1)N1CCn2nc([C@H](O)C3CC3)cc2C1. The second-order valence-corrected chi connectivity index (χ2v) is 7.07. The summed E-state index contributed by atoms with van der Waals surface area (Å²) in [6.07, 6.45) is 3.58. The number of carbonyl (C=O) groups is 1. The highest BCUT2D eigenvalue weighted by molar-refractivity contribution is 5.97. The molecule has 1 saturated carbocycles. The molecule has 0 bridgehead atoms. The van der Waals surface area contributed by atoms with Gasteiger partial charge in [0, 0.05) is 23.8 Å². The molecule has 1 aliphatic heterocycles. The number of rotatable bonds is 3. The molecule has 0 saturated heterocycles. The van der Waals surface area contributed by atoms with Gasteiger partial charge in [-0.15, -0.1) is 0 Å². The molecular weight excluding hydrogens is 316 g/mol. The van der Waals surface area contributed by atoms with Gasteiger partial charge in [0.25, 0.3) is 5.91 Å². The quantitative estimate of drug-likeness (QED) is 0.771. The van der Waals surface area contributed by atoms with E-state index in [1.165, 1.54) is 0 Å². The van der Waals surface area contributed by atoms with Crippen LogP contribution in [0.25, 0.3) is 10.9 Å². The molecule has 5 rings (SSSR count). The molecule has 1 atom stereocenters. The minimum atomic E-state index is -0.461. The molecule has 1 aromatic carbocycles. The zero-order chi connectivity index (χ0) is 17.0. The lowest BCUT2D eigenvalue weighted by Gasteiger charge is -2.27. The Kier molecular flexibility index (Phi) is 3.21. The van der Waals surface area contributed by atoms with Crippen molar-refractivity contribution in [2.24, 2.45) is 5.92 Å². The molecular formula is C19H20N4O2. The molecule has 25 heavy (non-hydrogen) atoms. The van der Waals surface area contributed by atoms with Crippen molar-refractivity contribution in [2.75, 3.05) is 6.54 Å². The summed E-state index contributed by atoms with van der Waals surface area (Å²) in [6, 6.07) is 9.71. The summed E-state index contributed by atoms with van der Waals surface area (Å²) in [4.78, 5) is 17.9. The van der Waals surface area contributed by atoms with Crippen molar-refractivity contribution in [3.63, 3.8) is 0 Å². The number of aromatic nitrogens is 3. The van der Waals surface area contributed by atoms with E-state index in [-0.39, 0.29) is 5.91 Å². The van der Waals surface area contributed by atoms with Crippen LogP contribution in [-0.2, 0) is 13.1 Å². The lowest BCUT2D eigenvalue weighted by atomic mass is 10.1. The summed E-state index contributed by atoms with van der Waals surface area (Å²) in [5.41, 5.74) is 3.42. The van der Waals surface area contributed by atoms with E-state index >= 15 is 0 Å². The predicted octanol–water partition coefficient (Wildman–Crippen LogP) is 2.46. The number of hydrogen-bond donors (Lipinski definition) is 2. The fourth-order valence-electron chi connectivity index (χ4n) is 3.62. The molecule has 6 nitrogen and oxygen atoms in total. The molecule has 2 aromatic heterocycles. The summed E-state index contributed by atoms with van der Waals surface area (Å²) in [7, 11) is 0. The first-order chi connectivity index (χ1) is 12.2. The number of aliphatic hydroxyl groups is 1. The number of carbonyl (C=O) groups excluding carboxylic acids is 1. The maximum Gasteiger partial charge on any atom is 0.254 e. The molecule has 1 fully saturated rings. The average Bonchev–Trinajstić information content (AvgIpc) is 3.22. The minimum absolute atomic E-state index is 0.0354. The van der Waals surface area contributed by atoms with Gasteiger partial charge in [-0.1, -0.05) is 6.07 Å². The average molecular weight is 336 g/mol. The van der Waals surface area contributed by atoms with Gasteiger partial charge in [0.2, 0.25) is 0 Å². The highest BCUT2D eigenvalue weighted by Gasteiger charge is 2.33. The van der Waals surface area contributed by atoms with Crippen LogP contribution < -0.4 is 0 Å². The van der Waals surface area contributed by atoms with Gasteiger partial charge in [-0.25, -0.2) is 0 Å². The Hall–Kier alpha value is -2.60. The first-order valence-corrected chi connectivity index (χ1v) is 8.80. The topological polar surface area (TPSA) is 74.2 Å². The zero-order valence-electron chi connectivity index (χ0n) is 13.9. The lowest BCUT2D eigenvalue weighted by molar-refractivity contribution is 0.0705. The van der Waals surface area contributed by atoms with E-state index in [0.717, 1.165) is 35.1 Å². The van der Waals surface area contributed by atoms with Gasteiger partial charge >= 0.3 is 0 Å². The van der Waals surface area contributed by atoms with Gasteiger partial charge < -0.3 is 15.0 Å². The van der Waals surface area contributed by atoms with E-state index in [0.29, 0.717) is 31.1 Å². The van der Waals surface area contributed by atoms with Crippen molar-refractivity contribution in [3.8, 4) is 0 Å². The molecule has 6 heteroatoms. The van der Waals surface area contributed by atoms with E-state index in [2.05, 4.69) is 10.1 Å². The number of hydrogen-bond acceptors (Lipinski definition) is 3. The smallest absolute Gasteiger partial charge is 0.254 e. The van der Waals surface area contributed by atoms with E-state index in [1.54, 1.807) is 0 Å². The van der Waals surface area contributed by atoms with Gasteiger partial charge in [-0.05, 0) is 48.4 Å². The highest BCUT2D eigenvalue weighted by atomic mass is 16.3. The number of nitrogens with one attached hydrogen (secondary N) is 1. The van der Waals surface area contributed by atoms with E-state index in [1.807, 2.05) is 46.1 Å². The van der Waals surface area contributed by atoms with Crippen molar-refractivity contribution >= 4 is 16.8 Å². The molecule has 0 spiro atoms. The predicted molar refractivity (Wildman–Crippen MR) is 93.0 cm³/mol. The maximum absolute atomic E-state index is 12.9. The van der Waals surface area contributed by atoms with Gasteiger partial charge in [0.15, 0.2) is 0 Å². The van der Waals surface area contributed by atoms with Crippen LogP contribution in [0.5, 0.6) is 0 Å². The Morgan fingerprint density at radius 1 is 1.24 bits per heavy atom. The van der Waals surface area contributed by atoms with Crippen LogP contribution in [-0.4, -0.2) is 37.2 Å². The van der Waals surface area contributed by atoms with Crippen molar-refractivity contribution in [3.05, 3.63) is 53.5 Å². The third-order valence-corrected chi connectivity index (χ3v) is 5.28. The fourth-order valence-corrected chi connectivity index (χ4v) is 3.62. The summed E-state index contributed by atoms with van der Waals surface area (Å²) >= 11 is 0. The largest absolute Gasteiger partial charge is 0.386 e. The van der Waals surface area contributed by atoms with Crippen LogP contribution >= 0.6 is 0 Å². The third kappa shape index (κ3) is 2.53. The van der Waals surface area contributed by atoms with Crippen LogP contribution in [0.15, 0.2) is 36.5 Å². The molecule has 128 valence electrons. The number of aromatic amines is 1. The van der Waals surface area contributed by atoms with Gasteiger partial charge in [0.05, 0.1) is 24.5 Å². The molecule has 1 aliphatic carbocycles. The summed E-state index contributed by atoms with van der Waals surface area (Å²) in [5, 5.41) is 15.9. The van der Waals surface area contributed by atoms with Crippen molar-refractivity contribution < 1.29 is 9.90 Å². The molecule has 3 aromatic rings. The van der Waals surface area contributed by atoms with Crippen LogP contribution in [0.2, 0.25) is 0 Å². The molecule has 1 amide bonds. The van der Waals surface area contributed by atoms with Gasteiger partial charge in [-0.2, -0.15) is 5.10 Å². The Bertz CT molecular complexity index is 953. The van der Waals surface area contributed by atoms with E-state index in [9.17, 15) is 9.90 Å². The molecule has 0 radical (unpaired) electrons. The van der Waals surface area contributed by atoms with E-state index in [4.69, 9.17) is 0 Å². The standard InChI is InChI=1S/C19H20N4O2/c24-18(13-2-3-13)17-10-15-11-22(7-8-23(15)21-17)19(25)14-4-1-12-5-6-20-16(12)9-14/h1,4-6,9-10,13,18,20,24H,2-3,7-8,11H2/t18-/m1/s1. The van der Waals surface area contributed by atoms with Crippen LogP contribution in [0.3, 0.4) is 0 Å². The molecule has 0 unspecified atom stereocenters. The van der Waals surface area contributed by atoms with Crippen molar-refractivity contribution in [1.82, 2.24) is 19.7 Å². The highest BCUT2D eigenvalue weighted by Crippen LogP contribution is 2.40. The van der Waals surface area contributed by atoms with Crippen LogP contribution in [0.4, 0.5) is 0 Å². The third-order valence-electron chi connectivity index (χ3n) is 5.28. The number of H-pyrrole nitrogens is 1. The normalized spacial score (nSPS) is 18.4. The minimum Gasteiger partial charge on any atom is -0.386 e. The molecule has 3 heterocycles. The van der Waals surface area contributed by atoms with Crippen LogP contribution in [0.1, 0.15) is 40.7 Å². The second-order valence-electron chi connectivity index (χ2n) is 7.07. The first kappa shape index (κ1) is 14.7. The molecule has 2 N–H and O–H groups in total. The van der Waals surface area contributed by atoms with E-state index < -0.39 is 6.10 Å². The van der Waals surface area contributed by atoms with Gasteiger partial charge in [0.1, 0.15) is 6.10 Å². The Morgan fingerprint density at radius 3 is 2.96 bits per heavy atom. The zero-order valence-corrected chi connectivity index (χ0v) is 13.9. The number of fused-ring (bicyclic) bond motifs is 2. The Balaban J connectivity index is 1.38. The number of amides is 1. The Morgan fingerprint density at radius 2 is 2.12 bits per heavy atom. The van der Waals surface area contributed by atoms with Crippen LogP contribution in [0, 0.1) is 5.92 Å². The number of nitrogens with zero attached hydrogens (tertiary/aromatic N) is 3. The second kappa shape index (κ2) is 5.46. The fraction of sp³-hybridized carbons (Fsp3) is 0.368. The van der Waals surface area contributed by atoms with Crippen molar-refractivity contribution in [2.45, 2.75) is 32.0 Å². The first-order valence-electron chi connectivity index (χ1n) is 8.80. The number of benzene rings is 1. The number of aliphatic hydroxyl groups excluding tert-OH is 1. The summed E-state index contributed by atoms with van der Waals surface area (Å²) in [5.74, 6) is 0.399. The summed E-state index contributed by atoms with van der Waals surface area (Å²) < 4.78 is 1.93.